The van der Waals surface area contributed by atoms with Crippen molar-refractivity contribution < 1.29 is 88.3 Å². The fraction of sp³-hybridized carbons (Fsp3) is 0.647. The molecule has 0 amide bonds. The van der Waals surface area contributed by atoms with E-state index in [2.05, 4.69) is 0 Å². The molecular weight excluding hydrogens is 696 g/mol. The van der Waals surface area contributed by atoms with Gasteiger partial charge in [0.05, 0.1) is 36.9 Å². The van der Waals surface area contributed by atoms with Gasteiger partial charge in [-0.2, -0.15) is 0 Å². The first kappa shape index (κ1) is 38.5. The van der Waals surface area contributed by atoms with Crippen molar-refractivity contribution in [3.05, 3.63) is 28.8 Å². The van der Waals surface area contributed by atoms with E-state index in [1.54, 1.807) is 6.92 Å². The summed E-state index contributed by atoms with van der Waals surface area (Å²) in [5.74, 6) is -8.32. The van der Waals surface area contributed by atoms with Crippen LogP contribution in [-0.4, -0.2) is 140 Å². The van der Waals surface area contributed by atoms with E-state index in [1.807, 2.05) is 0 Å². The molecule has 6 rings (SSSR count). The first-order valence-corrected chi connectivity index (χ1v) is 16.5. The van der Waals surface area contributed by atoms with Gasteiger partial charge in [-0.15, -0.1) is 0 Å². The van der Waals surface area contributed by atoms with Crippen LogP contribution in [0.15, 0.2) is 12.1 Å². The number of hydrogen-bond donors (Lipinski definition) is 8. The number of Topliss-reactive ketones (excluding diaryl/α,β-unsaturated/α-hetero) is 1. The van der Waals surface area contributed by atoms with E-state index in [-0.39, 0.29) is 40.5 Å². The number of aromatic hydroxyl groups is 1. The molecule has 52 heavy (non-hydrogen) atoms. The van der Waals surface area contributed by atoms with Crippen molar-refractivity contribution in [2.45, 2.75) is 112 Å². The Morgan fingerprint density at radius 3 is 2.35 bits per heavy atom. The summed E-state index contributed by atoms with van der Waals surface area (Å²) in [6, 6.07) is 2.74. The van der Waals surface area contributed by atoms with Crippen LogP contribution in [0.25, 0.3) is 10.8 Å². The molecule has 0 bridgehead atoms. The number of rotatable bonds is 8. The number of aliphatic hydroxyl groups excluding tert-OH is 3. The summed E-state index contributed by atoms with van der Waals surface area (Å²) in [5.41, 5.74) is -4.93. The zero-order valence-corrected chi connectivity index (χ0v) is 29.3. The van der Waals surface area contributed by atoms with Gasteiger partial charge in [-0.1, -0.05) is 6.07 Å². The molecule has 8 N–H and O–H groups in total. The summed E-state index contributed by atoms with van der Waals surface area (Å²) < 4.78 is 45.1. The van der Waals surface area contributed by atoms with Crippen LogP contribution in [-0.2, 0) is 33.2 Å². The summed E-state index contributed by atoms with van der Waals surface area (Å²) in [6.07, 6.45) is -12.8. The van der Waals surface area contributed by atoms with E-state index in [1.165, 1.54) is 47.3 Å². The number of phenolic OH excluding ortho intramolecular Hbond substituents is 1. The van der Waals surface area contributed by atoms with Gasteiger partial charge < -0.3 is 78.7 Å². The molecule has 4 aliphatic rings. The summed E-state index contributed by atoms with van der Waals surface area (Å²) >= 11 is 0. The monoisotopic (exact) mass is 740 g/mol. The van der Waals surface area contributed by atoms with Gasteiger partial charge in [-0.3, -0.25) is 9.59 Å². The Morgan fingerprint density at radius 1 is 1.10 bits per heavy atom. The van der Waals surface area contributed by atoms with E-state index in [0.717, 1.165) is 0 Å². The van der Waals surface area contributed by atoms with Gasteiger partial charge in [-0.25, -0.2) is 0 Å². The van der Waals surface area contributed by atoms with Crippen molar-refractivity contribution >= 4 is 22.5 Å². The lowest BCUT2D eigenvalue weighted by atomic mass is 9.75. The lowest BCUT2D eigenvalue weighted by molar-refractivity contribution is -0.454. The predicted octanol–water partition coefficient (Wildman–Crippen LogP) is -0.689. The van der Waals surface area contributed by atoms with Gasteiger partial charge in [0.25, 0.3) is 5.79 Å². The van der Waals surface area contributed by atoms with E-state index < -0.39 is 114 Å². The van der Waals surface area contributed by atoms with Crippen LogP contribution in [0.2, 0.25) is 0 Å². The number of carbonyl (C=O) groups is 2. The summed E-state index contributed by atoms with van der Waals surface area (Å²) in [7, 11) is 3.61. The zero-order chi connectivity index (χ0) is 38.3. The molecule has 0 saturated carbocycles. The number of esters is 1. The smallest absolute Gasteiger partial charge is 0.303 e. The van der Waals surface area contributed by atoms with Gasteiger partial charge >= 0.3 is 5.97 Å². The number of ketones is 1. The van der Waals surface area contributed by atoms with Crippen LogP contribution in [0.5, 0.6) is 17.2 Å². The number of phenols is 1. The Kier molecular flexibility index (Phi) is 9.81. The molecule has 3 heterocycles. The third-order valence-corrected chi connectivity index (χ3v) is 10.4. The number of benzene rings is 2. The summed E-state index contributed by atoms with van der Waals surface area (Å²) in [5, 5.41) is 90.7. The third kappa shape index (κ3) is 5.73. The fourth-order valence-electron chi connectivity index (χ4n) is 8.03. The molecule has 2 aromatic rings. The van der Waals surface area contributed by atoms with Crippen molar-refractivity contribution in [1.82, 2.24) is 0 Å². The largest absolute Gasteiger partial charge is 0.506 e. The molecule has 0 spiro atoms. The molecule has 2 saturated heterocycles. The van der Waals surface area contributed by atoms with Crippen molar-refractivity contribution in [3.8, 4) is 17.2 Å². The average molecular weight is 741 g/mol. The Balaban J connectivity index is 1.47. The maximum Gasteiger partial charge on any atom is 0.303 e. The molecule has 2 fully saturated rings. The van der Waals surface area contributed by atoms with Gasteiger partial charge in [0.15, 0.2) is 29.9 Å². The molecule has 0 radical (unpaired) electrons. The van der Waals surface area contributed by atoms with Crippen molar-refractivity contribution in [1.29, 1.82) is 0 Å². The summed E-state index contributed by atoms with van der Waals surface area (Å²) in [4.78, 5) is 25.3. The van der Waals surface area contributed by atoms with Gasteiger partial charge in [0.2, 0.25) is 12.1 Å². The van der Waals surface area contributed by atoms with Crippen LogP contribution < -0.4 is 9.47 Å². The predicted molar refractivity (Wildman–Crippen MR) is 171 cm³/mol. The minimum Gasteiger partial charge on any atom is -0.506 e. The Labute approximate surface area is 296 Å². The van der Waals surface area contributed by atoms with E-state index in [4.69, 9.17) is 37.9 Å². The van der Waals surface area contributed by atoms with Crippen LogP contribution in [0, 0.1) is 0 Å². The first-order chi connectivity index (χ1) is 24.3. The number of aliphatic hydroxyl groups is 7. The molecule has 288 valence electrons. The molecule has 18 nitrogen and oxygen atoms in total. The molecule has 3 aliphatic heterocycles. The second-order valence-corrected chi connectivity index (χ2v) is 14.0. The number of carbonyl (C=O) groups excluding carboxylic acids is 2. The molecule has 2 aromatic carbocycles. The Morgan fingerprint density at radius 2 is 1.77 bits per heavy atom. The first-order valence-electron chi connectivity index (χ1n) is 16.5. The molecular formula is C34H44O18. The molecule has 7 unspecified atom stereocenters. The van der Waals surface area contributed by atoms with Gasteiger partial charge in [-0.05, 0) is 19.9 Å². The van der Waals surface area contributed by atoms with Crippen molar-refractivity contribution in [2.75, 3.05) is 27.9 Å². The number of ether oxygens (including phenoxy) is 8. The molecule has 1 aliphatic carbocycles. The van der Waals surface area contributed by atoms with Crippen LogP contribution in [0.1, 0.15) is 73.7 Å². The third-order valence-electron chi connectivity index (χ3n) is 10.4. The maximum atomic E-state index is 13.6. The van der Waals surface area contributed by atoms with Crippen molar-refractivity contribution in [2.24, 2.45) is 0 Å². The standard InChI is InChI=1S/C34H44O18/c1-13-28(49-14(2)36)31(3,41)10-19(48-13)50-18-9-17(37)24(39)22-21(18)26(45-4)15-7-8-16-23(38)29-34(44,51-27(16)20(15)25(22)40)32(42,12-35)11-33(43,52-29)30(46-5)47-6/h7-8,13,17-19,23,28-30,35,37-38,40-44H,9-12H2,1-6H3/t13-,17?,18?,19-,23?,28+,29?,31+,32?,33?,34?/m0/s1. The van der Waals surface area contributed by atoms with E-state index in [9.17, 15) is 50.4 Å². The number of methoxy groups -OCH3 is 3. The van der Waals surface area contributed by atoms with Crippen LogP contribution >= 0.6 is 0 Å². The number of hydrogen-bond acceptors (Lipinski definition) is 18. The molecule has 0 aromatic heterocycles. The number of fused-ring (bicyclic) bond motifs is 5. The normalized spacial score (nSPS) is 38.7. The maximum absolute atomic E-state index is 13.6. The second-order valence-electron chi connectivity index (χ2n) is 14.0. The average Bonchev–Trinajstić information content (AvgIpc) is 3.06. The Hall–Kier alpha value is -3.24. The van der Waals surface area contributed by atoms with E-state index in [0.29, 0.717) is 0 Å². The Bertz CT molecular complexity index is 1740. The van der Waals surface area contributed by atoms with Crippen LogP contribution in [0.4, 0.5) is 0 Å². The molecule has 11 atom stereocenters. The van der Waals surface area contributed by atoms with E-state index >= 15 is 0 Å². The summed E-state index contributed by atoms with van der Waals surface area (Å²) in [6.45, 7) is 2.98. The fourth-order valence-corrected chi connectivity index (χ4v) is 8.03. The zero-order valence-electron chi connectivity index (χ0n) is 29.3. The minimum absolute atomic E-state index is 0.0109. The SMILES string of the molecule is COc1c2c(c(O)c3c4c(ccc13)C(O)C1OC(O)(C(OC)OC)CC(O)(CO)C1(O)O4)C(=O)C(O)CC2O[C@H]1C[C@@](C)(O)[C@H](OC(C)=O)[C@H](C)O1. The highest BCUT2D eigenvalue weighted by atomic mass is 16.8. The van der Waals surface area contributed by atoms with Crippen molar-refractivity contribution in [3.63, 3.8) is 0 Å². The lowest BCUT2D eigenvalue weighted by Gasteiger charge is -2.57. The lowest BCUT2D eigenvalue weighted by Crippen LogP contribution is -2.77. The second kappa shape index (κ2) is 13.3. The quantitative estimate of drug-likeness (QED) is 0.123. The highest BCUT2D eigenvalue weighted by Gasteiger charge is 2.71. The highest BCUT2D eigenvalue weighted by Crippen LogP contribution is 2.58. The molecule has 18 heteroatoms. The minimum atomic E-state index is -3.00. The highest BCUT2D eigenvalue weighted by molar-refractivity contribution is 6.13. The van der Waals surface area contributed by atoms with Gasteiger partial charge in [0, 0.05) is 56.9 Å². The van der Waals surface area contributed by atoms with Gasteiger partial charge in [0.1, 0.15) is 35.1 Å². The topological polar surface area (TPSA) is 270 Å². The van der Waals surface area contributed by atoms with Crippen LogP contribution in [0.3, 0.4) is 0 Å².